The van der Waals surface area contributed by atoms with E-state index in [0.717, 1.165) is 96.6 Å². The number of alkyl halides is 2. The standard InChI is InChI=1S/C48H53F2N9O6/c1-27(60)56-17-13-38-36(24-56)44(57-16-3-4-29-20-33(30-22-51-54(2)23-30)34(43(49)50)21-40(29)57)53-59(38)31-7-5-28(6-8-31)46(63)55-18-14-48(15-19-55)26-65-42-35-25-58(39-11-12-41(61)52-45(39)62)47(64)32(35)9-10-37(42)48/h9-10,20-23,28,31,39,43H,3-8,11-19,24-26H2,1-2H3,(H,52,61,62)/t28-,31-,39-/m0/s1. The molecule has 0 radical (unpaired) electrons. The molecular weight excluding hydrogens is 837 g/mol. The molecule has 1 atom stereocenters. The molecule has 5 amide bonds. The van der Waals surface area contributed by atoms with Crippen LogP contribution in [0.5, 0.6) is 5.75 Å². The van der Waals surface area contributed by atoms with Crippen molar-refractivity contribution in [3.05, 3.63) is 75.7 Å². The van der Waals surface area contributed by atoms with Gasteiger partial charge in [-0.25, -0.2) is 8.78 Å². The largest absolute Gasteiger partial charge is 0.492 e. The second-order valence-corrected chi connectivity index (χ2v) is 19.2. The van der Waals surface area contributed by atoms with Crippen LogP contribution in [0.1, 0.15) is 121 Å². The molecule has 0 bridgehead atoms. The van der Waals surface area contributed by atoms with Gasteiger partial charge < -0.3 is 24.3 Å². The number of amides is 5. The Morgan fingerprint density at radius 3 is 2.43 bits per heavy atom. The zero-order chi connectivity index (χ0) is 44.9. The molecule has 2 aromatic carbocycles. The number of fused-ring (bicyclic) bond motifs is 6. The average molecular weight is 890 g/mol. The molecule has 1 saturated carbocycles. The third-order valence-electron chi connectivity index (χ3n) is 15.5. The molecule has 17 heteroatoms. The van der Waals surface area contributed by atoms with Gasteiger partial charge in [-0.2, -0.15) is 10.2 Å². The summed E-state index contributed by atoms with van der Waals surface area (Å²) < 4.78 is 39.7. The van der Waals surface area contributed by atoms with E-state index in [-0.39, 0.29) is 59.5 Å². The zero-order valence-corrected chi connectivity index (χ0v) is 36.8. The molecular formula is C48H53F2N9O6. The van der Waals surface area contributed by atoms with Crippen LogP contribution in [0.25, 0.3) is 11.1 Å². The maximum absolute atomic E-state index is 14.8. The number of hydrogen-bond acceptors (Lipinski definition) is 9. The molecule has 2 aromatic heterocycles. The fourth-order valence-electron chi connectivity index (χ4n) is 12.0. The molecule has 1 spiro atoms. The van der Waals surface area contributed by atoms with Crippen LogP contribution in [0.15, 0.2) is 36.7 Å². The summed E-state index contributed by atoms with van der Waals surface area (Å²) in [5.74, 6) is 0.529. The molecule has 1 N–H and O–H groups in total. The SMILES string of the molecule is CC(=O)N1CCc2c(c(N3CCCc4cc(-c5cnn(C)c5)c(C(F)F)cc43)nn2[C@H]2CC[C@H](C(=O)N3CCC4(CC3)COc3c4ccc4c3CN([C@H]3CCC(=O)NC3=O)C4=O)CC2)C1. The summed E-state index contributed by atoms with van der Waals surface area (Å²) >= 11 is 0. The third-order valence-corrected chi connectivity index (χ3v) is 15.5. The number of carbonyl (C=O) groups excluding carboxylic acids is 5. The first-order valence-electron chi connectivity index (χ1n) is 23.2. The van der Waals surface area contributed by atoms with Gasteiger partial charge in [0.25, 0.3) is 12.3 Å². The van der Waals surface area contributed by atoms with Gasteiger partial charge in [0.2, 0.25) is 23.6 Å². The fourth-order valence-corrected chi connectivity index (χ4v) is 12.0. The maximum Gasteiger partial charge on any atom is 0.264 e. The third kappa shape index (κ3) is 6.89. The van der Waals surface area contributed by atoms with Crippen molar-refractivity contribution < 1.29 is 37.5 Å². The second-order valence-electron chi connectivity index (χ2n) is 19.2. The predicted octanol–water partition coefficient (Wildman–Crippen LogP) is 5.66. The van der Waals surface area contributed by atoms with Gasteiger partial charge in [0.05, 0.1) is 31.9 Å². The molecule has 15 nitrogen and oxygen atoms in total. The van der Waals surface area contributed by atoms with Crippen molar-refractivity contribution in [1.29, 1.82) is 0 Å². The van der Waals surface area contributed by atoms with E-state index in [0.29, 0.717) is 68.9 Å². The van der Waals surface area contributed by atoms with E-state index in [1.807, 2.05) is 28.0 Å². The van der Waals surface area contributed by atoms with Gasteiger partial charge in [0.15, 0.2) is 5.82 Å². The number of ether oxygens (including phenoxy) is 1. The van der Waals surface area contributed by atoms with Crippen molar-refractivity contribution >= 4 is 41.0 Å². The molecule has 4 aromatic rings. The number of rotatable bonds is 6. The molecule has 1 aliphatic carbocycles. The number of piperidine rings is 2. The van der Waals surface area contributed by atoms with Gasteiger partial charge in [-0.3, -0.25) is 38.7 Å². The highest BCUT2D eigenvalue weighted by atomic mass is 19.3. The van der Waals surface area contributed by atoms with Gasteiger partial charge in [0, 0.05) is 115 Å². The van der Waals surface area contributed by atoms with E-state index >= 15 is 0 Å². The number of nitrogens with zero attached hydrogens (tertiary/aromatic N) is 8. The van der Waals surface area contributed by atoms with Crippen LogP contribution >= 0.6 is 0 Å². The van der Waals surface area contributed by atoms with Gasteiger partial charge in [-0.05, 0) is 87.1 Å². The Bertz CT molecular complexity index is 2660. The number of nitrogens with one attached hydrogen (secondary N) is 1. The summed E-state index contributed by atoms with van der Waals surface area (Å²) in [6.07, 6.45) is 7.90. The van der Waals surface area contributed by atoms with Crippen LogP contribution in [-0.2, 0) is 57.6 Å². The summed E-state index contributed by atoms with van der Waals surface area (Å²) in [6, 6.07) is 6.73. The second kappa shape index (κ2) is 15.8. The molecule has 3 fully saturated rings. The normalized spacial score (nSPS) is 23.6. The maximum atomic E-state index is 14.8. The Morgan fingerprint density at radius 2 is 1.71 bits per heavy atom. The van der Waals surface area contributed by atoms with E-state index in [2.05, 4.69) is 20.0 Å². The molecule has 6 aliphatic heterocycles. The number of aromatic nitrogens is 4. The first-order valence-corrected chi connectivity index (χ1v) is 23.2. The van der Waals surface area contributed by atoms with Gasteiger partial charge in [0.1, 0.15) is 11.8 Å². The van der Waals surface area contributed by atoms with Crippen molar-refractivity contribution in [3.8, 4) is 16.9 Å². The van der Waals surface area contributed by atoms with E-state index in [1.54, 1.807) is 42.0 Å². The summed E-state index contributed by atoms with van der Waals surface area (Å²) in [6.45, 7) is 5.13. The van der Waals surface area contributed by atoms with Crippen molar-refractivity contribution in [3.63, 3.8) is 0 Å². The summed E-state index contributed by atoms with van der Waals surface area (Å²) in [4.78, 5) is 72.3. The zero-order valence-electron chi connectivity index (χ0n) is 36.8. The molecule has 340 valence electrons. The van der Waals surface area contributed by atoms with Crippen LogP contribution in [-0.4, -0.2) is 103 Å². The van der Waals surface area contributed by atoms with Gasteiger partial charge >= 0.3 is 0 Å². The number of aryl methyl sites for hydroxylation is 2. The van der Waals surface area contributed by atoms with Crippen molar-refractivity contribution in [2.24, 2.45) is 13.0 Å². The minimum Gasteiger partial charge on any atom is -0.492 e. The molecule has 11 rings (SSSR count). The Labute approximate surface area is 375 Å². The first-order chi connectivity index (χ1) is 31.4. The first kappa shape index (κ1) is 41.6. The van der Waals surface area contributed by atoms with Crippen LogP contribution in [0.3, 0.4) is 0 Å². The lowest BCUT2D eigenvalue weighted by Gasteiger charge is -2.40. The Morgan fingerprint density at radius 1 is 0.908 bits per heavy atom. The van der Waals surface area contributed by atoms with E-state index in [4.69, 9.17) is 9.84 Å². The summed E-state index contributed by atoms with van der Waals surface area (Å²) in [5.41, 5.74) is 6.98. The lowest BCUT2D eigenvalue weighted by atomic mass is 9.73. The number of benzene rings is 2. The molecule has 65 heavy (non-hydrogen) atoms. The molecule has 8 heterocycles. The van der Waals surface area contributed by atoms with E-state index in [1.165, 1.54) is 0 Å². The average Bonchev–Trinajstić information content (AvgIpc) is 4.09. The number of carbonyl (C=O) groups is 5. The minimum atomic E-state index is -2.69. The smallest absolute Gasteiger partial charge is 0.264 e. The number of likely N-dealkylation sites (tertiary alicyclic amines) is 1. The Hall–Kier alpha value is -6.13. The lowest BCUT2D eigenvalue weighted by Crippen LogP contribution is -2.52. The summed E-state index contributed by atoms with van der Waals surface area (Å²) in [5, 5.41) is 11.9. The van der Waals surface area contributed by atoms with E-state index < -0.39 is 18.4 Å². The number of imide groups is 1. The highest BCUT2D eigenvalue weighted by Crippen LogP contribution is 2.50. The Kier molecular flexibility index (Phi) is 10.1. The molecule has 2 saturated heterocycles. The van der Waals surface area contributed by atoms with Crippen molar-refractivity contribution in [2.75, 3.05) is 37.7 Å². The van der Waals surface area contributed by atoms with Crippen molar-refractivity contribution in [2.45, 2.75) is 115 Å². The number of hydrogen-bond donors (Lipinski definition) is 1. The monoisotopic (exact) mass is 889 g/mol. The lowest BCUT2D eigenvalue weighted by molar-refractivity contribution is -0.139. The number of anilines is 2. The summed E-state index contributed by atoms with van der Waals surface area (Å²) in [7, 11) is 1.77. The van der Waals surface area contributed by atoms with Crippen LogP contribution in [0, 0.1) is 5.92 Å². The quantitative estimate of drug-likeness (QED) is 0.242. The van der Waals surface area contributed by atoms with Crippen LogP contribution < -0.4 is 15.0 Å². The fraction of sp³-hybridized carbons (Fsp3) is 0.521. The highest BCUT2D eigenvalue weighted by molar-refractivity contribution is 6.06. The van der Waals surface area contributed by atoms with Crippen molar-refractivity contribution in [1.82, 2.24) is 39.6 Å². The molecule has 7 aliphatic rings. The van der Waals surface area contributed by atoms with Gasteiger partial charge in [-0.1, -0.05) is 6.07 Å². The van der Waals surface area contributed by atoms with E-state index in [9.17, 15) is 32.8 Å². The minimum absolute atomic E-state index is 0.0137. The van der Waals surface area contributed by atoms with Crippen LogP contribution in [0.2, 0.25) is 0 Å². The molecule has 0 unspecified atom stereocenters. The predicted molar refractivity (Wildman–Crippen MR) is 232 cm³/mol. The highest BCUT2D eigenvalue weighted by Gasteiger charge is 2.49. The van der Waals surface area contributed by atoms with Crippen LogP contribution in [0.4, 0.5) is 20.3 Å². The number of halogens is 2. The Balaban J connectivity index is 0.783. The topological polar surface area (TPSA) is 155 Å². The van der Waals surface area contributed by atoms with Gasteiger partial charge in [-0.15, -0.1) is 0 Å².